The number of aryl methyl sites for hydroxylation is 3. The van der Waals surface area contributed by atoms with Gasteiger partial charge in [0.2, 0.25) is 0 Å². The lowest BCUT2D eigenvalue weighted by Crippen LogP contribution is -2.40. The van der Waals surface area contributed by atoms with E-state index >= 15 is 0 Å². The Hall–Kier alpha value is -4.38. The van der Waals surface area contributed by atoms with E-state index in [2.05, 4.69) is 15.3 Å². The molecule has 0 bridgehead atoms. The Balaban J connectivity index is 1.82. The lowest BCUT2D eigenvalue weighted by Gasteiger charge is -2.25. The standard InChI is InChI=1S/C27H29N3O7S/c1-18-6-10-22(11-7-18)38(33,34)30(23-12-8-19(2)14-20(23)3)17-26(31)29-28-16-21-9-13-24(25(15-21)35-4)37-27(32)36-5/h6-16H,17H2,1-5H3,(H,29,31)/b28-16-. The Morgan fingerprint density at radius 3 is 2.24 bits per heavy atom. The highest BCUT2D eigenvalue weighted by Crippen LogP contribution is 2.29. The average Bonchev–Trinajstić information content (AvgIpc) is 2.88. The molecule has 1 N–H and O–H groups in total. The minimum absolute atomic E-state index is 0.0701. The van der Waals surface area contributed by atoms with E-state index in [1.54, 1.807) is 37.3 Å². The van der Waals surface area contributed by atoms with E-state index in [0.717, 1.165) is 15.4 Å². The van der Waals surface area contributed by atoms with Gasteiger partial charge in [0, 0.05) is 0 Å². The quantitative estimate of drug-likeness (QED) is 0.188. The Labute approximate surface area is 221 Å². The van der Waals surface area contributed by atoms with Crippen molar-refractivity contribution in [2.75, 3.05) is 25.1 Å². The Kier molecular flexibility index (Phi) is 9.08. The molecule has 0 aliphatic rings. The van der Waals surface area contributed by atoms with Gasteiger partial charge in [-0.15, -0.1) is 0 Å². The van der Waals surface area contributed by atoms with Crippen LogP contribution < -0.4 is 19.2 Å². The fourth-order valence-electron chi connectivity index (χ4n) is 3.55. The van der Waals surface area contributed by atoms with Crippen LogP contribution in [0.4, 0.5) is 10.5 Å². The van der Waals surface area contributed by atoms with E-state index in [-0.39, 0.29) is 16.4 Å². The van der Waals surface area contributed by atoms with Crippen molar-refractivity contribution in [1.82, 2.24) is 5.43 Å². The second kappa shape index (κ2) is 12.2. The normalized spacial score (nSPS) is 11.2. The molecule has 11 heteroatoms. The molecule has 0 unspecified atom stereocenters. The largest absolute Gasteiger partial charge is 0.513 e. The lowest BCUT2D eigenvalue weighted by atomic mass is 10.1. The van der Waals surface area contributed by atoms with Gasteiger partial charge < -0.3 is 14.2 Å². The first-order valence-electron chi connectivity index (χ1n) is 11.5. The molecule has 200 valence electrons. The van der Waals surface area contributed by atoms with Gasteiger partial charge in [0.25, 0.3) is 15.9 Å². The third-order valence-electron chi connectivity index (χ3n) is 5.47. The maximum atomic E-state index is 13.6. The molecule has 3 aromatic rings. The van der Waals surface area contributed by atoms with Crippen LogP contribution in [0.3, 0.4) is 0 Å². The molecule has 0 saturated heterocycles. The van der Waals surface area contributed by atoms with Gasteiger partial charge in [0.1, 0.15) is 6.54 Å². The summed E-state index contributed by atoms with van der Waals surface area (Å²) in [5, 5.41) is 3.94. The van der Waals surface area contributed by atoms with Crippen LogP contribution in [0.15, 0.2) is 70.7 Å². The van der Waals surface area contributed by atoms with Gasteiger partial charge >= 0.3 is 6.16 Å². The summed E-state index contributed by atoms with van der Waals surface area (Å²) in [5.74, 6) is -0.253. The minimum atomic E-state index is -4.05. The molecule has 0 radical (unpaired) electrons. The van der Waals surface area contributed by atoms with Gasteiger partial charge in [0.15, 0.2) is 11.5 Å². The Bertz CT molecular complexity index is 1450. The SMILES string of the molecule is COC(=O)Oc1ccc(/C=N\NC(=O)CN(c2ccc(C)cc2C)S(=O)(=O)c2ccc(C)cc2)cc1OC. The van der Waals surface area contributed by atoms with Crippen molar-refractivity contribution in [3.63, 3.8) is 0 Å². The lowest BCUT2D eigenvalue weighted by molar-refractivity contribution is -0.119. The fourth-order valence-corrected chi connectivity index (χ4v) is 5.03. The number of nitrogens with one attached hydrogen (secondary N) is 1. The molecular weight excluding hydrogens is 510 g/mol. The van der Waals surface area contributed by atoms with Crippen LogP contribution in [0.25, 0.3) is 0 Å². The van der Waals surface area contributed by atoms with E-state index < -0.39 is 28.6 Å². The number of ether oxygens (including phenoxy) is 3. The highest BCUT2D eigenvalue weighted by molar-refractivity contribution is 7.92. The van der Waals surface area contributed by atoms with Crippen molar-refractivity contribution >= 4 is 34.0 Å². The van der Waals surface area contributed by atoms with Crippen LogP contribution in [0.1, 0.15) is 22.3 Å². The second-order valence-electron chi connectivity index (χ2n) is 8.37. The Morgan fingerprint density at radius 1 is 0.921 bits per heavy atom. The summed E-state index contributed by atoms with van der Waals surface area (Å²) >= 11 is 0. The van der Waals surface area contributed by atoms with Gasteiger partial charge in [-0.2, -0.15) is 5.10 Å². The number of hydrogen-bond acceptors (Lipinski definition) is 8. The van der Waals surface area contributed by atoms with Crippen LogP contribution in [0, 0.1) is 20.8 Å². The maximum absolute atomic E-state index is 13.6. The number of nitrogens with zero attached hydrogens (tertiary/aromatic N) is 2. The highest BCUT2D eigenvalue weighted by Gasteiger charge is 2.28. The number of sulfonamides is 1. The molecule has 3 aromatic carbocycles. The summed E-state index contributed by atoms with van der Waals surface area (Å²) in [5.41, 5.74) is 5.87. The molecule has 0 saturated carbocycles. The molecule has 3 rings (SSSR count). The summed E-state index contributed by atoms with van der Waals surface area (Å²) in [7, 11) is -1.46. The van der Waals surface area contributed by atoms with Crippen molar-refractivity contribution in [1.29, 1.82) is 0 Å². The van der Waals surface area contributed by atoms with Gasteiger partial charge in [0.05, 0.1) is 31.0 Å². The summed E-state index contributed by atoms with van der Waals surface area (Å²) in [6, 6.07) is 16.3. The van der Waals surface area contributed by atoms with Gasteiger partial charge in [-0.1, -0.05) is 35.4 Å². The first-order valence-corrected chi connectivity index (χ1v) is 12.9. The molecular formula is C27H29N3O7S. The molecule has 38 heavy (non-hydrogen) atoms. The number of carbonyl (C=O) groups is 2. The number of amides is 1. The predicted octanol–water partition coefficient (Wildman–Crippen LogP) is 4.11. The maximum Gasteiger partial charge on any atom is 0.513 e. The number of hydrazone groups is 1. The number of anilines is 1. The molecule has 1 amide bonds. The monoisotopic (exact) mass is 539 g/mol. The molecule has 0 atom stereocenters. The van der Waals surface area contributed by atoms with Gasteiger partial charge in [-0.05, 0) is 68.3 Å². The highest BCUT2D eigenvalue weighted by atomic mass is 32.2. The topological polar surface area (TPSA) is 124 Å². The summed E-state index contributed by atoms with van der Waals surface area (Å²) in [4.78, 5) is 24.3. The van der Waals surface area contributed by atoms with Crippen molar-refractivity contribution in [3.8, 4) is 11.5 Å². The van der Waals surface area contributed by atoms with Crippen LogP contribution in [0.2, 0.25) is 0 Å². The van der Waals surface area contributed by atoms with Crippen molar-refractivity contribution in [2.45, 2.75) is 25.7 Å². The zero-order valence-electron chi connectivity index (χ0n) is 21.7. The van der Waals surface area contributed by atoms with Crippen molar-refractivity contribution < 1.29 is 32.2 Å². The molecule has 0 heterocycles. The zero-order chi connectivity index (χ0) is 27.9. The van der Waals surface area contributed by atoms with Crippen LogP contribution in [-0.2, 0) is 19.6 Å². The number of hydrogen-bond donors (Lipinski definition) is 1. The molecule has 0 aliphatic carbocycles. The van der Waals surface area contributed by atoms with Crippen molar-refractivity contribution in [2.24, 2.45) is 5.10 Å². The number of rotatable bonds is 9. The first-order chi connectivity index (χ1) is 18.0. The van der Waals surface area contributed by atoms with E-state index in [1.165, 1.54) is 44.7 Å². The van der Waals surface area contributed by atoms with E-state index in [1.807, 2.05) is 19.9 Å². The molecule has 0 fully saturated rings. The van der Waals surface area contributed by atoms with E-state index in [9.17, 15) is 18.0 Å². The fraction of sp³-hybridized carbons (Fsp3) is 0.222. The predicted molar refractivity (Wildman–Crippen MR) is 143 cm³/mol. The van der Waals surface area contributed by atoms with Crippen LogP contribution in [0.5, 0.6) is 11.5 Å². The first kappa shape index (κ1) is 28.2. The van der Waals surface area contributed by atoms with E-state index in [4.69, 9.17) is 9.47 Å². The summed E-state index contributed by atoms with van der Waals surface area (Å²) < 4.78 is 42.9. The second-order valence-corrected chi connectivity index (χ2v) is 10.2. The summed E-state index contributed by atoms with van der Waals surface area (Å²) in [6.07, 6.45) is 0.448. The van der Waals surface area contributed by atoms with Gasteiger partial charge in [-0.25, -0.2) is 18.6 Å². The minimum Gasteiger partial charge on any atom is -0.493 e. The number of methoxy groups -OCH3 is 2. The summed E-state index contributed by atoms with van der Waals surface area (Å²) in [6.45, 7) is 5.06. The third-order valence-corrected chi connectivity index (χ3v) is 7.24. The average molecular weight is 540 g/mol. The third kappa shape index (κ3) is 6.88. The van der Waals surface area contributed by atoms with Crippen molar-refractivity contribution in [3.05, 3.63) is 82.9 Å². The smallest absolute Gasteiger partial charge is 0.493 e. The number of carbonyl (C=O) groups excluding carboxylic acids is 2. The molecule has 0 aliphatic heterocycles. The van der Waals surface area contributed by atoms with Crippen LogP contribution in [-0.4, -0.2) is 47.5 Å². The molecule has 10 nitrogen and oxygen atoms in total. The Morgan fingerprint density at radius 2 is 1.61 bits per heavy atom. The zero-order valence-corrected chi connectivity index (χ0v) is 22.5. The number of benzene rings is 3. The van der Waals surface area contributed by atoms with Crippen LogP contribution >= 0.6 is 0 Å². The molecule has 0 aromatic heterocycles. The van der Waals surface area contributed by atoms with E-state index in [0.29, 0.717) is 16.8 Å². The molecule has 0 spiro atoms. The van der Waals surface area contributed by atoms with Gasteiger partial charge in [-0.3, -0.25) is 9.10 Å².